The fourth-order valence-corrected chi connectivity index (χ4v) is 4.15. The molecule has 0 fully saturated rings. The van der Waals surface area contributed by atoms with Crippen LogP contribution >= 0.6 is 22.9 Å². The summed E-state index contributed by atoms with van der Waals surface area (Å²) in [4.78, 5) is 25.6. The number of nitrogens with one attached hydrogen (secondary N) is 1. The minimum absolute atomic E-state index is 0.0220. The van der Waals surface area contributed by atoms with Crippen molar-refractivity contribution in [3.05, 3.63) is 55.1 Å². The van der Waals surface area contributed by atoms with Crippen LogP contribution in [0.5, 0.6) is 0 Å². The number of rotatable bonds is 4. The van der Waals surface area contributed by atoms with Crippen LogP contribution in [-0.4, -0.2) is 10.5 Å². The van der Waals surface area contributed by atoms with Gasteiger partial charge in [0.2, 0.25) is 5.91 Å². The first-order chi connectivity index (χ1) is 11.0. The average Bonchev–Trinajstić information content (AvgIpc) is 2.84. The van der Waals surface area contributed by atoms with Crippen molar-refractivity contribution in [1.82, 2.24) is 9.88 Å². The highest BCUT2D eigenvalue weighted by molar-refractivity contribution is 7.09. The van der Waals surface area contributed by atoms with Crippen molar-refractivity contribution in [2.45, 2.75) is 45.2 Å². The number of hydrogen-bond acceptors (Lipinski definition) is 3. The molecule has 1 aromatic carbocycles. The highest BCUT2D eigenvalue weighted by Gasteiger charge is 2.20. The standard InChI is InChI=1S/C17H19ClN2O2S/c1-11(12-6-8-13(18)9-7-12)19-16(21)10-20-14-4-2-3-5-15(14)23-17(20)22/h6-9,11H,2-5,10H2,1H3,(H,19,21). The quantitative estimate of drug-likeness (QED) is 0.919. The second-order valence-corrected chi connectivity index (χ2v) is 7.35. The number of carbonyl (C=O) groups excluding carboxylic acids is 1. The van der Waals surface area contributed by atoms with Crippen LogP contribution in [0.25, 0.3) is 0 Å². The molecule has 1 N–H and O–H groups in total. The van der Waals surface area contributed by atoms with E-state index in [1.807, 2.05) is 19.1 Å². The predicted octanol–water partition coefficient (Wildman–Crippen LogP) is 3.32. The fraction of sp³-hybridized carbons (Fsp3) is 0.412. The van der Waals surface area contributed by atoms with E-state index in [1.54, 1.807) is 16.7 Å². The van der Waals surface area contributed by atoms with Gasteiger partial charge in [0.1, 0.15) is 6.54 Å². The summed E-state index contributed by atoms with van der Waals surface area (Å²) in [6.45, 7) is 2.02. The first kappa shape index (κ1) is 16.3. The molecule has 0 saturated carbocycles. The zero-order chi connectivity index (χ0) is 16.4. The summed E-state index contributed by atoms with van der Waals surface area (Å²) < 4.78 is 1.64. The van der Waals surface area contributed by atoms with Crippen LogP contribution in [0.3, 0.4) is 0 Å². The van der Waals surface area contributed by atoms with Gasteiger partial charge in [-0.2, -0.15) is 0 Å². The maximum absolute atomic E-state index is 12.3. The molecule has 1 unspecified atom stereocenters. The lowest BCUT2D eigenvalue weighted by molar-refractivity contribution is -0.122. The summed E-state index contributed by atoms with van der Waals surface area (Å²) in [7, 11) is 0. The van der Waals surface area contributed by atoms with Gasteiger partial charge in [-0.05, 0) is 50.3 Å². The molecule has 1 amide bonds. The second kappa shape index (κ2) is 6.89. The Morgan fingerprint density at radius 3 is 2.74 bits per heavy atom. The van der Waals surface area contributed by atoms with Gasteiger partial charge in [0.05, 0.1) is 6.04 Å². The Morgan fingerprint density at radius 2 is 2.00 bits per heavy atom. The molecule has 1 aliphatic carbocycles. The summed E-state index contributed by atoms with van der Waals surface area (Å²) >= 11 is 7.17. The molecule has 4 nitrogen and oxygen atoms in total. The number of carbonyl (C=O) groups is 1. The van der Waals surface area contributed by atoms with Crippen molar-refractivity contribution in [3.8, 4) is 0 Å². The van der Waals surface area contributed by atoms with Gasteiger partial charge in [-0.25, -0.2) is 0 Å². The molecule has 1 aromatic heterocycles. The molecular formula is C17H19ClN2O2S. The van der Waals surface area contributed by atoms with E-state index in [2.05, 4.69) is 5.32 Å². The Bertz CT molecular complexity index is 764. The van der Waals surface area contributed by atoms with Gasteiger partial charge in [-0.3, -0.25) is 14.2 Å². The minimum atomic E-state index is -0.138. The van der Waals surface area contributed by atoms with E-state index in [1.165, 1.54) is 11.3 Å². The maximum Gasteiger partial charge on any atom is 0.308 e. The van der Waals surface area contributed by atoms with Crippen LogP contribution in [0.2, 0.25) is 5.02 Å². The number of fused-ring (bicyclic) bond motifs is 1. The lowest BCUT2D eigenvalue weighted by Gasteiger charge is -2.17. The molecule has 1 aliphatic rings. The van der Waals surface area contributed by atoms with Crippen LogP contribution in [0, 0.1) is 0 Å². The van der Waals surface area contributed by atoms with Gasteiger partial charge in [-0.1, -0.05) is 35.1 Å². The maximum atomic E-state index is 12.3. The van der Waals surface area contributed by atoms with Crippen LogP contribution in [0.4, 0.5) is 0 Å². The number of amides is 1. The summed E-state index contributed by atoms with van der Waals surface area (Å²) in [5.41, 5.74) is 2.04. The van der Waals surface area contributed by atoms with Gasteiger partial charge >= 0.3 is 4.87 Å². The lowest BCUT2D eigenvalue weighted by Crippen LogP contribution is -2.33. The van der Waals surface area contributed by atoms with Crippen LogP contribution in [0.15, 0.2) is 29.1 Å². The topological polar surface area (TPSA) is 51.1 Å². The van der Waals surface area contributed by atoms with E-state index in [4.69, 9.17) is 11.6 Å². The first-order valence-corrected chi connectivity index (χ1v) is 9.00. The van der Waals surface area contributed by atoms with E-state index in [0.29, 0.717) is 5.02 Å². The fourth-order valence-electron chi connectivity index (χ4n) is 2.95. The molecule has 0 spiro atoms. The van der Waals surface area contributed by atoms with Crippen LogP contribution < -0.4 is 10.2 Å². The van der Waals surface area contributed by atoms with Crippen LogP contribution in [-0.2, 0) is 24.2 Å². The molecule has 3 rings (SSSR count). The molecular weight excluding hydrogens is 332 g/mol. The van der Waals surface area contributed by atoms with Crippen molar-refractivity contribution in [3.63, 3.8) is 0 Å². The number of nitrogens with zero attached hydrogens (tertiary/aromatic N) is 1. The highest BCUT2D eigenvalue weighted by atomic mass is 35.5. The van der Waals surface area contributed by atoms with E-state index in [0.717, 1.165) is 41.8 Å². The molecule has 0 aliphatic heterocycles. The van der Waals surface area contributed by atoms with E-state index in [-0.39, 0.29) is 23.4 Å². The van der Waals surface area contributed by atoms with E-state index >= 15 is 0 Å². The summed E-state index contributed by atoms with van der Waals surface area (Å²) in [5, 5.41) is 3.62. The molecule has 122 valence electrons. The molecule has 0 bridgehead atoms. The Kier molecular flexibility index (Phi) is 4.87. The molecule has 2 aromatic rings. The van der Waals surface area contributed by atoms with Gasteiger partial charge in [0, 0.05) is 15.6 Å². The minimum Gasteiger partial charge on any atom is -0.348 e. The normalized spacial score (nSPS) is 15.0. The SMILES string of the molecule is CC(NC(=O)Cn1c2c(sc1=O)CCCC2)c1ccc(Cl)cc1. The first-order valence-electron chi connectivity index (χ1n) is 7.81. The summed E-state index contributed by atoms with van der Waals surface area (Å²) in [5.74, 6) is -0.138. The Balaban J connectivity index is 1.69. The van der Waals surface area contributed by atoms with Crippen molar-refractivity contribution >= 4 is 28.8 Å². The molecule has 1 heterocycles. The van der Waals surface area contributed by atoms with Crippen LogP contribution in [0.1, 0.15) is 41.9 Å². The number of aromatic nitrogens is 1. The van der Waals surface area contributed by atoms with Gasteiger partial charge < -0.3 is 5.32 Å². The summed E-state index contributed by atoms with van der Waals surface area (Å²) in [6, 6.07) is 7.28. The van der Waals surface area contributed by atoms with Crippen molar-refractivity contribution in [2.24, 2.45) is 0 Å². The zero-order valence-electron chi connectivity index (χ0n) is 13.0. The Labute approximate surface area is 144 Å². The third-order valence-electron chi connectivity index (χ3n) is 4.20. The molecule has 1 atom stereocenters. The van der Waals surface area contributed by atoms with E-state index in [9.17, 15) is 9.59 Å². The monoisotopic (exact) mass is 350 g/mol. The molecule has 0 radical (unpaired) electrons. The highest BCUT2D eigenvalue weighted by Crippen LogP contribution is 2.23. The number of aryl methyl sites for hydroxylation is 1. The second-order valence-electron chi connectivity index (χ2n) is 5.87. The Morgan fingerprint density at radius 1 is 1.30 bits per heavy atom. The smallest absolute Gasteiger partial charge is 0.308 e. The third kappa shape index (κ3) is 3.67. The van der Waals surface area contributed by atoms with Gasteiger partial charge in [-0.15, -0.1) is 0 Å². The molecule has 23 heavy (non-hydrogen) atoms. The van der Waals surface area contributed by atoms with Crippen molar-refractivity contribution in [2.75, 3.05) is 0 Å². The molecule has 0 saturated heterocycles. The average molecular weight is 351 g/mol. The third-order valence-corrected chi connectivity index (χ3v) is 5.53. The van der Waals surface area contributed by atoms with Crippen molar-refractivity contribution < 1.29 is 4.79 Å². The number of hydrogen-bond donors (Lipinski definition) is 1. The predicted molar refractivity (Wildman–Crippen MR) is 93.2 cm³/mol. The lowest BCUT2D eigenvalue weighted by atomic mass is 10.0. The number of benzene rings is 1. The van der Waals surface area contributed by atoms with E-state index < -0.39 is 0 Å². The molecule has 6 heteroatoms. The number of halogens is 1. The van der Waals surface area contributed by atoms with Crippen molar-refractivity contribution in [1.29, 1.82) is 0 Å². The largest absolute Gasteiger partial charge is 0.348 e. The van der Waals surface area contributed by atoms with Gasteiger partial charge in [0.15, 0.2) is 0 Å². The summed E-state index contributed by atoms with van der Waals surface area (Å²) in [6.07, 6.45) is 4.08. The Hall–Kier alpha value is -1.59. The zero-order valence-corrected chi connectivity index (χ0v) is 14.5. The van der Waals surface area contributed by atoms with Gasteiger partial charge in [0.25, 0.3) is 0 Å². The number of thiazole rings is 1.